The highest BCUT2D eigenvalue weighted by molar-refractivity contribution is 7.80. The second-order valence-electron chi connectivity index (χ2n) is 7.86. The fourth-order valence-electron chi connectivity index (χ4n) is 4.13. The molecule has 4 aromatic rings. The number of carbonyl (C=O) groups excluding carboxylic acids is 1. The summed E-state index contributed by atoms with van der Waals surface area (Å²) in [6.07, 6.45) is 0. The van der Waals surface area contributed by atoms with Crippen LogP contribution in [0.1, 0.15) is 35.3 Å². The number of amides is 1. The third-order valence-electron chi connectivity index (χ3n) is 5.70. The Morgan fingerprint density at radius 1 is 0.833 bits per heavy atom. The summed E-state index contributed by atoms with van der Waals surface area (Å²) in [4.78, 5) is 15.5. The zero-order chi connectivity index (χ0) is 20.9. The van der Waals surface area contributed by atoms with E-state index in [2.05, 4.69) is 32.0 Å². The van der Waals surface area contributed by atoms with Crippen molar-refractivity contribution in [2.75, 3.05) is 4.90 Å². The van der Waals surface area contributed by atoms with Crippen molar-refractivity contribution in [3.8, 4) is 11.1 Å². The van der Waals surface area contributed by atoms with Crippen LogP contribution in [0.15, 0.2) is 78.9 Å². The summed E-state index contributed by atoms with van der Waals surface area (Å²) < 4.78 is 0.867. The molecule has 1 aliphatic heterocycles. The lowest BCUT2D eigenvalue weighted by Crippen LogP contribution is -2.35. The number of benzene rings is 3. The van der Waals surface area contributed by atoms with Crippen LogP contribution in [-0.4, -0.2) is 5.91 Å². The maximum absolute atomic E-state index is 13.7. The summed E-state index contributed by atoms with van der Waals surface area (Å²) in [6.45, 7) is 4.38. The van der Waals surface area contributed by atoms with E-state index in [1.54, 1.807) is 20.7 Å². The average molecular weight is 446 g/mol. The van der Waals surface area contributed by atoms with Crippen molar-refractivity contribution in [3.63, 3.8) is 0 Å². The molecule has 0 fully saturated rings. The monoisotopic (exact) mass is 445 g/mol. The third-order valence-corrected chi connectivity index (χ3v) is 8.68. The summed E-state index contributed by atoms with van der Waals surface area (Å²) in [6, 6.07) is 26.2. The van der Waals surface area contributed by atoms with Crippen molar-refractivity contribution in [3.05, 3.63) is 99.4 Å². The zero-order valence-electron chi connectivity index (χ0n) is 16.6. The number of carbonyl (C=O) groups is 1. The molecule has 1 aliphatic rings. The normalized spacial score (nSPS) is 14.1. The van der Waals surface area contributed by atoms with E-state index in [1.165, 1.54) is 0 Å². The van der Waals surface area contributed by atoms with E-state index >= 15 is 0 Å². The van der Waals surface area contributed by atoms with Crippen molar-refractivity contribution in [2.24, 2.45) is 0 Å². The first kappa shape index (κ1) is 19.4. The van der Waals surface area contributed by atoms with E-state index in [4.69, 9.17) is 12.2 Å². The second kappa shape index (κ2) is 7.27. The van der Waals surface area contributed by atoms with E-state index in [1.807, 2.05) is 65.6 Å². The lowest BCUT2D eigenvalue weighted by molar-refractivity contribution is 0.0998. The molecule has 0 saturated heterocycles. The topological polar surface area (TPSA) is 20.3 Å². The molecule has 5 rings (SSSR count). The predicted octanol–water partition coefficient (Wildman–Crippen LogP) is 7.82. The van der Waals surface area contributed by atoms with Gasteiger partial charge in [-0.25, -0.2) is 0 Å². The van der Waals surface area contributed by atoms with E-state index in [0.29, 0.717) is 5.56 Å². The van der Waals surface area contributed by atoms with Gasteiger partial charge in [0, 0.05) is 16.5 Å². The number of fused-ring (bicyclic) bond motifs is 2. The largest absolute Gasteiger partial charge is 0.268 e. The molecular formula is C25H19NOS3. The number of anilines is 2. The third kappa shape index (κ3) is 2.97. The van der Waals surface area contributed by atoms with Crippen LogP contribution in [0.25, 0.3) is 11.1 Å². The van der Waals surface area contributed by atoms with Gasteiger partial charge in [-0.1, -0.05) is 107 Å². The first-order valence-corrected chi connectivity index (χ1v) is 12.3. The Morgan fingerprint density at radius 3 is 2.20 bits per heavy atom. The van der Waals surface area contributed by atoms with Gasteiger partial charge in [0.15, 0.2) is 0 Å². The average Bonchev–Trinajstić information content (AvgIpc) is 3.17. The lowest BCUT2D eigenvalue weighted by Gasteiger charge is -2.38. The summed E-state index contributed by atoms with van der Waals surface area (Å²) in [5.41, 5.74) is 5.83. The Bertz CT molecular complexity index is 1300. The fraction of sp³-hybridized carbons (Fsp3) is 0.120. The quantitative estimate of drug-likeness (QED) is 0.231. The van der Waals surface area contributed by atoms with Crippen LogP contribution in [0.2, 0.25) is 0 Å². The fourth-order valence-corrected chi connectivity index (χ4v) is 7.39. The molecule has 0 saturated carbocycles. The van der Waals surface area contributed by atoms with E-state index < -0.39 is 0 Å². The van der Waals surface area contributed by atoms with Crippen molar-refractivity contribution in [2.45, 2.75) is 19.3 Å². The Morgan fingerprint density at radius 2 is 1.47 bits per heavy atom. The van der Waals surface area contributed by atoms with Crippen molar-refractivity contribution >= 4 is 49.5 Å². The summed E-state index contributed by atoms with van der Waals surface area (Å²) in [5, 5.41) is 0.950. The van der Waals surface area contributed by atoms with Gasteiger partial charge in [0.05, 0.1) is 5.69 Å². The number of para-hydroxylation sites is 1. The minimum absolute atomic E-state index is 0.0251. The van der Waals surface area contributed by atoms with Gasteiger partial charge in [0.1, 0.15) is 8.82 Å². The van der Waals surface area contributed by atoms with Gasteiger partial charge < -0.3 is 0 Å². The molecule has 30 heavy (non-hydrogen) atoms. The zero-order valence-corrected chi connectivity index (χ0v) is 19.0. The standard InChI is InChI=1S/C25H19NOS3/c1-25(2)19-10-6-7-11-20(19)26(23-21(25)24(28)30-29-23)22(27)18-14-12-17(13-15-18)16-8-4-3-5-9-16/h3-15H,1-2H3. The van der Waals surface area contributed by atoms with Crippen molar-refractivity contribution in [1.82, 2.24) is 0 Å². The van der Waals surface area contributed by atoms with E-state index in [9.17, 15) is 4.79 Å². The Labute approximate surface area is 188 Å². The van der Waals surface area contributed by atoms with Crippen LogP contribution in [0, 0.1) is 3.82 Å². The van der Waals surface area contributed by atoms with Gasteiger partial charge in [-0.15, -0.1) is 0 Å². The summed E-state index contributed by atoms with van der Waals surface area (Å²) >= 11 is 5.67. The summed E-state index contributed by atoms with van der Waals surface area (Å²) in [7, 11) is 3.16. The molecule has 0 atom stereocenters. The minimum atomic E-state index is -0.229. The van der Waals surface area contributed by atoms with Gasteiger partial charge in [-0.3, -0.25) is 9.69 Å². The summed E-state index contributed by atoms with van der Waals surface area (Å²) in [5.74, 6) is -0.0251. The molecule has 2 heterocycles. The van der Waals surface area contributed by atoms with Gasteiger partial charge in [0.25, 0.3) is 5.91 Å². The maximum Gasteiger partial charge on any atom is 0.263 e. The Kier molecular flexibility index (Phi) is 4.69. The molecule has 0 unspecified atom stereocenters. The molecule has 2 nitrogen and oxygen atoms in total. The van der Waals surface area contributed by atoms with Crippen molar-refractivity contribution < 1.29 is 4.79 Å². The number of hydrogen-bond donors (Lipinski definition) is 0. The minimum Gasteiger partial charge on any atom is -0.268 e. The molecule has 0 N–H and O–H groups in total. The highest BCUT2D eigenvalue weighted by atomic mass is 32.9. The molecule has 1 amide bonds. The predicted molar refractivity (Wildman–Crippen MR) is 130 cm³/mol. The maximum atomic E-state index is 13.7. The molecule has 3 aromatic carbocycles. The molecule has 148 valence electrons. The molecule has 0 radical (unpaired) electrons. The second-order valence-corrected chi connectivity index (χ2v) is 10.7. The van der Waals surface area contributed by atoms with E-state index in [-0.39, 0.29) is 11.3 Å². The van der Waals surface area contributed by atoms with Crippen LogP contribution < -0.4 is 4.90 Å². The Balaban J connectivity index is 1.61. The highest BCUT2D eigenvalue weighted by Gasteiger charge is 2.41. The smallest absolute Gasteiger partial charge is 0.263 e. The van der Waals surface area contributed by atoms with Crippen LogP contribution >= 0.6 is 32.9 Å². The molecule has 0 bridgehead atoms. The van der Waals surface area contributed by atoms with Crippen molar-refractivity contribution in [1.29, 1.82) is 0 Å². The first-order chi connectivity index (χ1) is 14.5. The first-order valence-electron chi connectivity index (χ1n) is 9.71. The number of nitrogens with zero attached hydrogens (tertiary/aromatic N) is 1. The van der Waals surface area contributed by atoms with Crippen LogP contribution in [0.4, 0.5) is 10.7 Å². The van der Waals surface area contributed by atoms with Gasteiger partial charge in [-0.05, 0) is 34.9 Å². The van der Waals surface area contributed by atoms with Gasteiger partial charge >= 0.3 is 0 Å². The Hall–Kier alpha value is -2.60. The van der Waals surface area contributed by atoms with Crippen LogP contribution in [0.5, 0.6) is 0 Å². The van der Waals surface area contributed by atoms with Crippen LogP contribution in [-0.2, 0) is 5.41 Å². The van der Waals surface area contributed by atoms with Crippen LogP contribution in [0.3, 0.4) is 0 Å². The lowest BCUT2D eigenvalue weighted by atomic mass is 9.76. The molecular weight excluding hydrogens is 426 g/mol. The highest BCUT2D eigenvalue weighted by Crippen LogP contribution is 2.53. The molecule has 0 aliphatic carbocycles. The molecule has 0 spiro atoms. The van der Waals surface area contributed by atoms with Gasteiger partial charge in [0.2, 0.25) is 0 Å². The molecule has 1 aromatic heterocycles. The molecule has 5 heteroatoms. The van der Waals surface area contributed by atoms with E-state index in [0.717, 1.165) is 36.8 Å². The van der Waals surface area contributed by atoms with Gasteiger partial charge in [-0.2, -0.15) is 0 Å². The number of hydrogen-bond acceptors (Lipinski definition) is 4. The SMILES string of the molecule is CC1(C)c2ccccc2N(C(=O)c2ccc(-c3ccccc3)cc2)c2ssc(=S)c21. The number of rotatable bonds is 2.